The average molecular weight is 256 g/mol. The Kier molecular flexibility index (Phi) is 4.36. The van der Waals surface area contributed by atoms with Crippen LogP contribution in [0.15, 0.2) is 42.5 Å². The molecule has 19 heavy (non-hydrogen) atoms. The van der Waals surface area contributed by atoms with Gasteiger partial charge in [0, 0.05) is 12.2 Å². The first-order chi connectivity index (χ1) is 9.22. The van der Waals surface area contributed by atoms with Gasteiger partial charge in [-0.3, -0.25) is 0 Å². The minimum atomic E-state index is 0.692. The fourth-order valence-electron chi connectivity index (χ4n) is 2.05. The van der Waals surface area contributed by atoms with Gasteiger partial charge in [-0.05, 0) is 43.7 Å². The quantitative estimate of drug-likeness (QED) is 0.638. The van der Waals surface area contributed by atoms with E-state index in [-0.39, 0.29) is 0 Å². The van der Waals surface area contributed by atoms with Gasteiger partial charge in [0.1, 0.15) is 5.82 Å². The molecule has 1 heterocycles. The van der Waals surface area contributed by atoms with Crippen molar-refractivity contribution in [2.24, 2.45) is 5.84 Å². The van der Waals surface area contributed by atoms with E-state index in [1.165, 1.54) is 11.3 Å². The van der Waals surface area contributed by atoms with Crippen LogP contribution in [-0.2, 0) is 6.54 Å². The maximum absolute atomic E-state index is 5.39. The summed E-state index contributed by atoms with van der Waals surface area (Å²) in [7, 11) is 0. The Balaban J connectivity index is 2.18. The monoisotopic (exact) mass is 256 g/mol. The molecule has 4 nitrogen and oxygen atoms in total. The highest BCUT2D eigenvalue weighted by molar-refractivity contribution is 5.48. The van der Waals surface area contributed by atoms with E-state index in [9.17, 15) is 0 Å². The first kappa shape index (κ1) is 13.4. The van der Waals surface area contributed by atoms with Gasteiger partial charge < -0.3 is 10.3 Å². The van der Waals surface area contributed by atoms with E-state index in [0.717, 1.165) is 18.8 Å². The van der Waals surface area contributed by atoms with E-state index in [1.54, 1.807) is 0 Å². The van der Waals surface area contributed by atoms with Crippen LogP contribution in [0.3, 0.4) is 0 Å². The number of hydrogen-bond acceptors (Lipinski definition) is 4. The number of anilines is 2. The number of aromatic nitrogens is 1. The summed E-state index contributed by atoms with van der Waals surface area (Å²) in [6.45, 7) is 5.96. The Morgan fingerprint density at radius 2 is 2.00 bits per heavy atom. The Morgan fingerprint density at radius 3 is 2.68 bits per heavy atom. The van der Waals surface area contributed by atoms with Gasteiger partial charge in [-0.1, -0.05) is 18.2 Å². The van der Waals surface area contributed by atoms with E-state index in [0.29, 0.717) is 5.82 Å². The molecule has 0 saturated heterocycles. The van der Waals surface area contributed by atoms with Crippen molar-refractivity contribution in [2.75, 3.05) is 16.9 Å². The van der Waals surface area contributed by atoms with Crippen LogP contribution in [0, 0.1) is 6.92 Å². The molecule has 0 bridgehead atoms. The Morgan fingerprint density at radius 1 is 1.21 bits per heavy atom. The third-order valence-electron chi connectivity index (χ3n) is 3.06. The number of hydrazine groups is 1. The average Bonchev–Trinajstić information content (AvgIpc) is 2.45. The SMILES string of the molecule is CCN(Cc1cccc(NN)n1)c1cccc(C)c1. The highest BCUT2D eigenvalue weighted by Gasteiger charge is 2.06. The van der Waals surface area contributed by atoms with Crippen LogP contribution >= 0.6 is 0 Å². The first-order valence-electron chi connectivity index (χ1n) is 6.47. The Bertz CT molecular complexity index is 539. The van der Waals surface area contributed by atoms with Crippen LogP contribution in [0.1, 0.15) is 18.2 Å². The smallest absolute Gasteiger partial charge is 0.140 e. The molecule has 3 N–H and O–H groups in total. The molecule has 1 aromatic heterocycles. The maximum atomic E-state index is 5.39. The van der Waals surface area contributed by atoms with Gasteiger partial charge in [0.25, 0.3) is 0 Å². The molecule has 0 atom stereocenters. The number of benzene rings is 1. The number of nitrogens with two attached hydrogens (primary N) is 1. The van der Waals surface area contributed by atoms with Gasteiger partial charge >= 0.3 is 0 Å². The lowest BCUT2D eigenvalue weighted by Gasteiger charge is -2.23. The second kappa shape index (κ2) is 6.20. The number of aryl methyl sites for hydroxylation is 1. The zero-order chi connectivity index (χ0) is 13.7. The normalized spacial score (nSPS) is 10.3. The fourth-order valence-corrected chi connectivity index (χ4v) is 2.05. The molecule has 0 fully saturated rings. The van der Waals surface area contributed by atoms with Crippen molar-refractivity contribution in [1.82, 2.24) is 4.98 Å². The molecule has 2 rings (SSSR count). The molecule has 0 aliphatic carbocycles. The van der Waals surface area contributed by atoms with Gasteiger partial charge in [0.15, 0.2) is 0 Å². The van der Waals surface area contributed by atoms with Crippen molar-refractivity contribution < 1.29 is 0 Å². The van der Waals surface area contributed by atoms with E-state index < -0.39 is 0 Å². The van der Waals surface area contributed by atoms with Crippen LogP contribution in [0.5, 0.6) is 0 Å². The van der Waals surface area contributed by atoms with Gasteiger partial charge in [0.05, 0.1) is 12.2 Å². The van der Waals surface area contributed by atoms with Crippen LogP contribution in [0.25, 0.3) is 0 Å². The molecule has 100 valence electrons. The summed E-state index contributed by atoms with van der Waals surface area (Å²) in [4.78, 5) is 6.74. The van der Waals surface area contributed by atoms with Crippen molar-refractivity contribution in [2.45, 2.75) is 20.4 Å². The number of nitrogens with zero attached hydrogens (tertiary/aromatic N) is 2. The molecule has 0 aliphatic rings. The van der Waals surface area contributed by atoms with E-state index in [2.05, 4.69) is 53.4 Å². The summed E-state index contributed by atoms with van der Waals surface area (Å²) in [5, 5.41) is 0. The number of rotatable bonds is 5. The van der Waals surface area contributed by atoms with E-state index >= 15 is 0 Å². The fraction of sp³-hybridized carbons (Fsp3) is 0.267. The second-order valence-electron chi connectivity index (χ2n) is 4.51. The van der Waals surface area contributed by atoms with Crippen molar-refractivity contribution in [3.8, 4) is 0 Å². The lowest BCUT2D eigenvalue weighted by molar-refractivity contribution is 0.809. The molecule has 0 radical (unpaired) electrons. The molecule has 0 saturated carbocycles. The highest BCUT2D eigenvalue weighted by atomic mass is 15.3. The third kappa shape index (κ3) is 3.45. The molecule has 0 amide bonds. The molecule has 0 spiro atoms. The molecular formula is C15H20N4. The van der Waals surface area contributed by atoms with Gasteiger partial charge in [-0.25, -0.2) is 10.8 Å². The van der Waals surface area contributed by atoms with Crippen LogP contribution in [-0.4, -0.2) is 11.5 Å². The zero-order valence-corrected chi connectivity index (χ0v) is 11.4. The van der Waals surface area contributed by atoms with Gasteiger partial charge in [0.2, 0.25) is 0 Å². The van der Waals surface area contributed by atoms with E-state index in [4.69, 9.17) is 5.84 Å². The van der Waals surface area contributed by atoms with Crippen molar-refractivity contribution in [3.05, 3.63) is 53.7 Å². The van der Waals surface area contributed by atoms with Crippen LogP contribution in [0.2, 0.25) is 0 Å². The largest absolute Gasteiger partial charge is 0.366 e. The first-order valence-corrected chi connectivity index (χ1v) is 6.47. The summed E-state index contributed by atoms with van der Waals surface area (Å²) >= 11 is 0. The topological polar surface area (TPSA) is 54.2 Å². The molecular weight excluding hydrogens is 236 g/mol. The molecule has 2 aromatic rings. The van der Waals surface area contributed by atoms with Crippen LogP contribution in [0.4, 0.5) is 11.5 Å². The maximum Gasteiger partial charge on any atom is 0.140 e. The molecule has 1 aromatic carbocycles. The summed E-state index contributed by atoms with van der Waals surface area (Å²) in [5.41, 5.74) is 6.06. The number of pyridine rings is 1. The molecule has 4 heteroatoms. The number of hydrogen-bond donors (Lipinski definition) is 2. The molecule has 0 aliphatic heterocycles. The summed E-state index contributed by atoms with van der Waals surface area (Å²) in [6, 6.07) is 14.3. The summed E-state index contributed by atoms with van der Waals surface area (Å²) in [6.07, 6.45) is 0. The van der Waals surface area contributed by atoms with Gasteiger partial charge in [-0.2, -0.15) is 0 Å². The van der Waals surface area contributed by atoms with E-state index in [1.807, 2.05) is 18.2 Å². The second-order valence-corrected chi connectivity index (χ2v) is 4.51. The highest BCUT2D eigenvalue weighted by Crippen LogP contribution is 2.18. The number of nitrogen functional groups attached to an aromatic ring is 1. The van der Waals surface area contributed by atoms with Crippen LogP contribution < -0.4 is 16.2 Å². The summed E-state index contributed by atoms with van der Waals surface area (Å²) < 4.78 is 0. The number of nitrogens with one attached hydrogen (secondary N) is 1. The minimum Gasteiger partial charge on any atom is -0.366 e. The minimum absolute atomic E-state index is 0.692. The zero-order valence-electron chi connectivity index (χ0n) is 11.4. The van der Waals surface area contributed by atoms with Crippen molar-refractivity contribution in [3.63, 3.8) is 0 Å². The van der Waals surface area contributed by atoms with Crippen molar-refractivity contribution in [1.29, 1.82) is 0 Å². The third-order valence-corrected chi connectivity index (χ3v) is 3.06. The standard InChI is InChI=1S/C15H20N4/c1-3-19(14-8-4-6-12(2)10-14)11-13-7-5-9-15(17-13)18-16/h4-10H,3,11,16H2,1-2H3,(H,17,18). The summed E-state index contributed by atoms with van der Waals surface area (Å²) in [5.74, 6) is 6.08. The Labute approximate surface area is 114 Å². The Hall–Kier alpha value is -2.07. The predicted molar refractivity (Wildman–Crippen MR) is 80.0 cm³/mol. The van der Waals surface area contributed by atoms with Crippen molar-refractivity contribution >= 4 is 11.5 Å². The molecule has 0 unspecified atom stereocenters. The lowest BCUT2D eigenvalue weighted by Crippen LogP contribution is -2.23. The lowest BCUT2D eigenvalue weighted by atomic mass is 10.2. The predicted octanol–water partition coefficient (Wildman–Crippen LogP) is 2.70. The van der Waals surface area contributed by atoms with Gasteiger partial charge in [-0.15, -0.1) is 0 Å².